The summed E-state index contributed by atoms with van der Waals surface area (Å²) in [5.41, 5.74) is -0.00647. The van der Waals surface area contributed by atoms with Crippen LogP contribution in [0.4, 0.5) is 0 Å². The van der Waals surface area contributed by atoms with Crippen molar-refractivity contribution in [1.82, 2.24) is 34.3 Å². The zero-order valence-electron chi connectivity index (χ0n) is 9.64. The van der Waals surface area contributed by atoms with Gasteiger partial charge in [0.25, 0.3) is 5.82 Å². The average molecular weight is 261 g/mol. The van der Waals surface area contributed by atoms with Gasteiger partial charge in [0.2, 0.25) is 0 Å². The third-order valence-corrected chi connectivity index (χ3v) is 2.39. The molecule has 0 aromatic carbocycles. The summed E-state index contributed by atoms with van der Waals surface area (Å²) in [6.45, 7) is 0. The second kappa shape index (κ2) is 4.01. The highest BCUT2D eigenvalue weighted by atomic mass is 16.5. The van der Waals surface area contributed by atoms with E-state index in [1.54, 1.807) is 0 Å². The highest BCUT2D eigenvalue weighted by molar-refractivity contribution is 5.84. The number of rotatable bonds is 2. The Morgan fingerprint density at radius 3 is 3.00 bits per heavy atom. The first-order chi connectivity index (χ1) is 9.19. The Balaban J connectivity index is 2.06. The third kappa shape index (κ3) is 1.74. The molecule has 0 fully saturated rings. The maximum atomic E-state index is 11.3. The number of aromatic nitrogens is 7. The fourth-order valence-electron chi connectivity index (χ4n) is 1.48. The monoisotopic (exact) mass is 261 g/mol. The van der Waals surface area contributed by atoms with Gasteiger partial charge in [-0.1, -0.05) is 0 Å². The fourth-order valence-corrected chi connectivity index (χ4v) is 1.48. The molecule has 0 bridgehead atoms. The summed E-state index contributed by atoms with van der Waals surface area (Å²) in [6.07, 6.45) is 2.62. The summed E-state index contributed by atoms with van der Waals surface area (Å²) in [5.74, 6) is -0.353. The first kappa shape index (κ1) is 11.1. The Morgan fingerprint density at radius 1 is 1.37 bits per heavy atom. The second-order valence-corrected chi connectivity index (χ2v) is 3.51. The van der Waals surface area contributed by atoms with Gasteiger partial charge in [-0.2, -0.15) is 5.10 Å². The molecule has 0 saturated heterocycles. The minimum absolute atomic E-state index is 0.0800. The molecule has 96 valence electrons. The number of methoxy groups -OCH3 is 1. The highest BCUT2D eigenvalue weighted by Crippen LogP contribution is 2.04. The lowest BCUT2D eigenvalue weighted by molar-refractivity contribution is 0.0587. The van der Waals surface area contributed by atoms with Gasteiger partial charge in [-0.25, -0.2) is 33.7 Å². The molecule has 0 aliphatic carbocycles. The van der Waals surface area contributed by atoms with Crippen LogP contribution in [-0.4, -0.2) is 47.4 Å². The van der Waals surface area contributed by atoms with Gasteiger partial charge in [0.1, 0.15) is 12.7 Å². The van der Waals surface area contributed by atoms with Crippen molar-refractivity contribution < 1.29 is 9.53 Å². The SMILES string of the molecule is COC(=O)c1ncn(-c2cc3n[nH]c(=O)n3cn2)n1. The van der Waals surface area contributed by atoms with Crippen LogP contribution in [0.1, 0.15) is 10.6 Å². The molecule has 0 amide bonds. The Hall–Kier alpha value is -3.04. The van der Waals surface area contributed by atoms with Crippen LogP contribution in [0.5, 0.6) is 0 Å². The van der Waals surface area contributed by atoms with Crippen LogP contribution >= 0.6 is 0 Å². The molecule has 10 heteroatoms. The lowest BCUT2D eigenvalue weighted by atomic mass is 10.5. The average Bonchev–Trinajstić information content (AvgIpc) is 3.05. The van der Waals surface area contributed by atoms with Crippen molar-refractivity contribution in [1.29, 1.82) is 0 Å². The number of carbonyl (C=O) groups excluding carboxylic acids is 1. The number of carbonyl (C=O) groups is 1. The quantitative estimate of drug-likeness (QED) is 0.574. The van der Waals surface area contributed by atoms with E-state index < -0.39 is 5.97 Å². The van der Waals surface area contributed by atoms with Crippen LogP contribution in [0, 0.1) is 0 Å². The zero-order chi connectivity index (χ0) is 13.4. The van der Waals surface area contributed by atoms with E-state index in [1.165, 1.54) is 34.9 Å². The van der Waals surface area contributed by atoms with Gasteiger partial charge in [0.05, 0.1) is 7.11 Å². The molecular formula is C9H7N7O3. The number of nitrogens with one attached hydrogen (secondary N) is 1. The summed E-state index contributed by atoms with van der Waals surface area (Å²) in [5, 5.41) is 9.99. The number of H-pyrrole nitrogens is 1. The number of esters is 1. The maximum Gasteiger partial charge on any atom is 0.377 e. The van der Waals surface area contributed by atoms with E-state index in [4.69, 9.17) is 0 Å². The standard InChI is InChI=1S/C9H7N7O3/c1-19-8(17)7-11-4-16(14-7)5-2-6-12-13-9(18)15(6)3-10-5/h2-4H,1H3,(H,13,18). The van der Waals surface area contributed by atoms with Gasteiger partial charge in [-0.3, -0.25) is 0 Å². The number of fused-ring (bicyclic) bond motifs is 1. The summed E-state index contributed by atoms with van der Waals surface area (Å²) >= 11 is 0. The van der Waals surface area contributed by atoms with Gasteiger partial charge in [-0.15, -0.1) is 5.10 Å². The minimum Gasteiger partial charge on any atom is -0.463 e. The molecule has 19 heavy (non-hydrogen) atoms. The minimum atomic E-state index is -0.643. The number of aromatic amines is 1. The van der Waals surface area contributed by atoms with E-state index in [1.807, 2.05) is 0 Å². The van der Waals surface area contributed by atoms with Crippen LogP contribution < -0.4 is 5.69 Å². The molecule has 0 spiro atoms. The van der Waals surface area contributed by atoms with Crippen LogP contribution in [0.2, 0.25) is 0 Å². The van der Waals surface area contributed by atoms with Gasteiger partial charge >= 0.3 is 11.7 Å². The normalized spacial score (nSPS) is 10.8. The molecule has 0 unspecified atom stereocenters. The molecule has 0 aliphatic rings. The van der Waals surface area contributed by atoms with E-state index in [-0.39, 0.29) is 11.5 Å². The first-order valence-electron chi connectivity index (χ1n) is 5.12. The van der Waals surface area contributed by atoms with Crippen molar-refractivity contribution in [2.75, 3.05) is 7.11 Å². The van der Waals surface area contributed by atoms with Crippen LogP contribution in [0.15, 0.2) is 23.5 Å². The van der Waals surface area contributed by atoms with Crippen LogP contribution in [0.25, 0.3) is 11.5 Å². The van der Waals surface area contributed by atoms with Gasteiger partial charge in [0, 0.05) is 6.07 Å². The Bertz CT molecular complexity index is 814. The fraction of sp³-hybridized carbons (Fsp3) is 0.111. The van der Waals surface area contributed by atoms with E-state index >= 15 is 0 Å². The summed E-state index contributed by atoms with van der Waals surface area (Å²) in [4.78, 5) is 30.3. The number of nitrogens with zero attached hydrogens (tertiary/aromatic N) is 6. The molecule has 10 nitrogen and oxygen atoms in total. The summed E-state index contributed by atoms with van der Waals surface area (Å²) < 4.78 is 7.02. The molecule has 0 radical (unpaired) electrons. The Morgan fingerprint density at radius 2 is 2.21 bits per heavy atom. The molecule has 3 aromatic heterocycles. The number of hydrogen-bond donors (Lipinski definition) is 1. The molecule has 3 aromatic rings. The third-order valence-electron chi connectivity index (χ3n) is 2.39. The first-order valence-corrected chi connectivity index (χ1v) is 5.12. The molecule has 0 aliphatic heterocycles. The van der Waals surface area contributed by atoms with E-state index in [2.05, 4.69) is 30.0 Å². The second-order valence-electron chi connectivity index (χ2n) is 3.51. The topological polar surface area (TPSA) is 120 Å². The molecule has 3 rings (SSSR count). The molecule has 0 atom stereocenters. The van der Waals surface area contributed by atoms with E-state index in [9.17, 15) is 9.59 Å². The van der Waals surface area contributed by atoms with Crippen molar-refractivity contribution in [2.45, 2.75) is 0 Å². The lowest BCUT2D eigenvalue weighted by Gasteiger charge is -1.98. The summed E-state index contributed by atoms with van der Waals surface area (Å²) in [7, 11) is 1.24. The Labute approximate surface area is 104 Å². The maximum absolute atomic E-state index is 11.3. The van der Waals surface area contributed by atoms with Crippen molar-refractivity contribution >= 4 is 11.6 Å². The highest BCUT2D eigenvalue weighted by Gasteiger charge is 2.13. The van der Waals surface area contributed by atoms with Crippen LogP contribution in [-0.2, 0) is 4.74 Å². The predicted molar refractivity (Wildman–Crippen MR) is 59.9 cm³/mol. The van der Waals surface area contributed by atoms with Gasteiger partial charge < -0.3 is 4.74 Å². The molecule has 1 N–H and O–H groups in total. The largest absolute Gasteiger partial charge is 0.463 e. The van der Waals surface area contributed by atoms with Crippen molar-refractivity contribution in [3.8, 4) is 5.82 Å². The van der Waals surface area contributed by atoms with Crippen LogP contribution in [0.3, 0.4) is 0 Å². The van der Waals surface area contributed by atoms with E-state index in [0.29, 0.717) is 11.5 Å². The van der Waals surface area contributed by atoms with Crippen molar-refractivity contribution in [3.05, 3.63) is 35.0 Å². The lowest BCUT2D eigenvalue weighted by Crippen LogP contribution is -2.10. The van der Waals surface area contributed by atoms with E-state index in [0.717, 1.165) is 0 Å². The number of ether oxygens (including phenoxy) is 1. The van der Waals surface area contributed by atoms with Gasteiger partial charge in [0.15, 0.2) is 11.5 Å². The summed E-state index contributed by atoms with van der Waals surface area (Å²) in [6, 6.07) is 1.52. The molecular weight excluding hydrogens is 254 g/mol. The predicted octanol–water partition coefficient (Wildman–Crippen LogP) is -1.22. The molecule has 3 heterocycles. The van der Waals surface area contributed by atoms with Gasteiger partial charge in [-0.05, 0) is 0 Å². The smallest absolute Gasteiger partial charge is 0.377 e. The van der Waals surface area contributed by atoms with Crippen molar-refractivity contribution in [2.24, 2.45) is 0 Å². The zero-order valence-corrected chi connectivity index (χ0v) is 9.64. The van der Waals surface area contributed by atoms with Crippen molar-refractivity contribution in [3.63, 3.8) is 0 Å². The molecule has 0 saturated carbocycles. The number of hydrogen-bond acceptors (Lipinski definition) is 7. The Kier molecular flexibility index (Phi) is 2.34.